The van der Waals surface area contributed by atoms with E-state index < -0.39 is 0 Å². The second-order valence-electron chi connectivity index (χ2n) is 9.69. The van der Waals surface area contributed by atoms with Crippen LogP contribution in [0.15, 0.2) is 36.4 Å². The summed E-state index contributed by atoms with van der Waals surface area (Å²) in [4.78, 5) is 0. The molecule has 33 heavy (non-hydrogen) atoms. The van der Waals surface area contributed by atoms with Crippen LogP contribution in [0.25, 0.3) is 21.7 Å². The number of hydrogen-bond donors (Lipinski definition) is 0. The predicted octanol–water partition coefficient (Wildman–Crippen LogP) is 9.00. The minimum atomic E-state index is 1.07. The molecule has 0 saturated carbocycles. The summed E-state index contributed by atoms with van der Waals surface area (Å²) < 4.78 is 0. The van der Waals surface area contributed by atoms with Gasteiger partial charge in [-0.25, -0.2) is 0 Å². The Balaban J connectivity index is 1.39. The van der Waals surface area contributed by atoms with Gasteiger partial charge in [0.15, 0.2) is 0 Å². The lowest BCUT2D eigenvalue weighted by Gasteiger charge is -2.21. The Hall–Kier alpha value is -2.00. The van der Waals surface area contributed by atoms with Gasteiger partial charge in [0.05, 0.1) is 0 Å². The molecule has 0 fully saturated rings. The van der Waals surface area contributed by atoms with E-state index in [0.29, 0.717) is 0 Å². The third-order valence-corrected chi connectivity index (χ3v) is 8.04. The van der Waals surface area contributed by atoms with Crippen LogP contribution in [0.5, 0.6) is 0 Å². The lowest BCUT2D eigenvalue weighted by molar-refractivity contribution is 0.607. The molecule has 0 unspecified atom stereocenters. The molecule has 0 radical (unpaired) electrons. The van der Waals surface area contributed by atoms with Gasteiger partial charge in [-0.2, -0.15) is 0 Å². The van der Waals surface area contributed by atoms with Crippen molar-refractivity contribution in [2.75, 3.05) is 0 Å². The molecule has 4 rings (SSSR count). The van der Waals surface area contributed by atoms with E-state index in [9.17, 15) is 0 Å². The molecule has 176 valence electrons. The highest BCUT2D eigenvalue weighted by Crippen LogP contribution is 2.37. The number of rotatable bonds is 13. The smallest absolute Gasteiger partial charge is 0.143 e. The molecule has 0 bridgehead atoms. The van der Waals surface area contributed by atoms with E-state index in [4.69, 9.17) is 0 Å². The Labute approximate surface area is 204 Å². The van der Waals surface area contributed by atoms with Gasteiger partial charge >= 0.3 is 0 Å². The van der Waals surface area contributed by atoms with Crippen LogP contribution in [0.1, 0.15) is 99.8 Å². The molecular weight excluding hydrogens is 420 g/mol. The number of nitrogens with zero attached hydrogens (tertiary/aromatic N) is 2. The zero-order valence-corrected chi connectivity index (χ0v) is 21.5. The molecule has 0 amide bonds. The van der Waals surface area contributed by atoms with Crippen molar-refractivity contribution >= 4 is 11.3 Å². The van der Waals surface area contributed by atoms with Crippen molar-refractivity contribution in [1.29, 1.82) is 0 Å². The highest BCUT2D eigenvalue weighted by atomic mass is 32.1. The molecule has 1 aromatic heterocycles. The summed E-state index contributed by atoms with van der Waals surface area (Å²) in [7, 11) is 0. The number of hydrogen-bond acceptors (Lipinski definition) is 3. The Morgan fingerprint density at radius 3 is 2.09 bits per heavy atom. The molecule has 2 nitrogen and oxygen atoms in total. The average Bonchev–Trinajstić information content (AvgIpc) is 3.32. The average molecular weight is 461 g/mol. The fourth-order valence-electron chi connectivity index (χ4n) is 5.02. The van der Waals surface area contributed by atoms with Gasteiger partial charge in [-0.3, -0.25) is 0 Å². The zero-order valence-electron chi connectivity index (χ0n) is 20.7. The van der Waals surface area contributed by atoms with Gasteiger partial charge in [0, 0.05) is 12.0 Å². The van der Waals surface area contributed by atoms with Gasteiger partial charge in [-0.15, -0.1) is 10.2 Å². The van der Waals surface area contributed by atoms with Crippen molar-refractivity contribution in [1.82, 2.24) is 10.2 Å². The maximum Gasteiger partial charge on any atom is 0.147 e. The first kappa shape index (κ1) is 24.1. The normalized spacial score (nSPS) is 12.5. The monoisotopic (exact) mass is 460 g/mol. The molecule has 0 spiro atoms. The van der Waals surface area contributed by atoms with Crippen LogP contribution in [-0.4, -0.2) is 10.2 Å². The molecule has 3 aromatic rings. The summed E-state index contributed by atoms with van der Waals surface area (Å²) in [5.41, 5.74) is 8.59. The van der Waals surface area contributed by atoms with Crippen molar-refractivity contribution in [3.8, 4) is 21.7 Å². The van der Waals surface area contributed by atoms with Crippen LogP contribution in [0.4, 0.5) is 0 Å². The fourth-order valence-corrected chi connectivity index (χ4v) is 5.90. The Kier molecular flexibility index (Phi) is 9.11. The lowest BCUT2D eigenvalue weighted by atomic mass is 9.83. The summed E-state index contributed by atoms with van der Waals surface area (Å²) in [6.07, 6.45) is 17.9. The van der Waals surface area contributed by atoms with Crippen LogP contribution in [-0.2, 0) is 25.7 Å². The summed E-state index contributed by atoms with van der Waals surface area (Å²) in [5.74, 6) is 0. The van der Waals surface area contributed by atoms with Crippen LogP contribution >= 0.6 is 11.3 Å². The number of aromatic nitrogens is 2. The summed E-state index contributed by atoms with van der Waals surface area (Å²) in [6.45, 7) is 4.54. The van der Waals surface area contributed by atoms with E-state index in [1.807, 2.05) is 0 Å². The summed E-state index contributed by atoms with van der Waals surface area (Å²) in [6, 6.07) is 14.2. The van der Waals surface area contributed by atoms with Crippen molar-refractivity contribution in [2.45, 2.75) is 104 Å². The van der Waals surface area contributed by atoms with Gasteiger partial charge in [0.25, 0.3) is 0 Å². The van der Waals surface area contributed by atoms with E-state index in [2.05, 4.69) is 60.4 Å². The maximum absolute atomic E-state index is 4.51. The first-order chi connectivity index (χ1) is 16.3. The fraction of sp³-hybridized carbons (Fsp3) is 0.533. The standard InChI is InChI=1S/C30H40N2S/c1-3-5-7-9-10-11-13-23-15-19-27-24(21-23)16-17-25-22-26(18-20-28(25)27)30-32-31-29(33-30)14-12-8-6-4-2/h15,18-22H,3-14,16-17H2,1-2H3. The van der Waals surface area contributed by atoms with E-state index in [1.54, 1.807) is 11.3 Å². The van der Waals surface area contributed by atoms with Crippen LogP contribution in [0, 0.1) is 0 Å². The molecule has 2 aromatic carbocycles. The van der Waals surface area contributed by atoms with Crippen LogP contribution in [0.2, 0.25) is 0 Å². The predicted molar refractivity (Wildman–Crippen MR) is 143 cm³/mol. The Morgan fingerprint density at radius 2 is 1.30 bits per heavy atom. The number of fused-ring (bicyclic) bond motifs is 3. The van der Waals surface area contributed by atoms with Crippen molar-refractivity contribution in [3.63, 3.8) is 0 Å². The second-order valence-corrected chi connectivity index (χ2v) is 10.8. The molecule has 1 aliphatic carbocycles. The SMILES string of the molecule is CCCCCCCCc1ccc2c(c1)CCc1cc(-c3nnc(CCCCCC)s3)ccc1-2. The zero-order chi connectivity index (χ0) is 22.9. The number of benzene rings is 2. The highest BCUT2D eigenvalue weighted by molar-refractivity contribution is 7.14. The van der Waals surface area contributed by atoms with Gasteiger partial charge in [0.1, 0.15) is 10.0 Å². The molecule has 1 aliphatic rings. The molecule has 3 heteroatoms. The topological polar surface area (TPSA) is 25.8 Å². The number of aryl methyl sites for hydroxylation is 4. The molecule has 0 aliphatic heterocycles. The van der Waals surface area contributed by atoms with E-state index >= 15 is 0 Å². The first-order valence-electron chi connectivity index (χ1n) is 13.4. The summed E-state index contributed by atoms with van der Waals surface area (Å²) >= 11 is 1.77. The quantitative estimate of drug-likeness (QED) is 0.238. The van der Waals surface area contributed by atoms with E-state index in [1.165, 1.54) is 109 Å². The lowest BCUT2D eigenvalue weighted by Crippen LogP contribution is -2.05. The molecule has 0 atom stereocenters. The highest BCUT2D eigenvalue weighted by Gasteiger charge is 2.18. The second kappa shape index (κ2) is 12.5. The Bertz CT molecular complexity index is 1020. The van der Waals surface area contributed by atoms with E-state index in [-0.39, 0.29) is 0 Å². The third kappa shape index (κ3) is 6.53. The van der Waals surface area contributed by atoms with Crippen molar-refractivity contribution in [2.24, 2.45) is 0 Å². The van der Waals surface area contributed by atoms with Crippen LogP contribution < -0.4 is 0 Å². The molecule has 1 heterocycles. The van der Waals surface area contributed by atoms with E-state index in [0.717, 1.165) is 24.3 Å². The Morgan fingerprint density at radius 1 is 0.667 bits per heavy atom. The van der Waals surface area contributed by atoms with Gasteiger partial charge < -0.3 is 0 Å². The van der Waals surface area contributed by atoms with Gasteiger partial charge in [-0.05, 0) is 66.0 Å². The van der Waals surface area contributed by atoms with Gasteiger partial charge in [0.2, 0.25) is 0 Å². The van der Waals surface area contributed by atoms with Gasteiger partial charge in [-0.1, -0.05) is 107 Å². The minimum absolute atomic E-state index is 1.07. The minimum Gasteiger partial charge on any atom is -0.143 e. The molecule has 0 saturated heterocycles. The maximum atomic E-state index is 4.51. The first-order valence-corrected chi connectivity index (χ1v) is 14.2. The largest absolute Gasteiger partial charge is 0.147 e. The van der Waals surface area contributed by atoms with Crippen molar-refractivity contribution < 1.29 is 0 Å². The number of unbranched alkanes of at least 4 members (excludes halogenated alkanes) is 8. The third-order valence-electron chi connectivity index (χ3n) is 7.01. The molecular formula is C30H40N2S. The molecule has 0 N–H and O–H groups in total. The van der Waals surface area contributed by atoms with Crippen LogP contribution in [0.3, 0.4) is 0 Å². The van der Waals surface area contributed by atoms with Crippen molar-refractivity contribution in [3.05, 3.63) is 58.1 Å². The summed E-state index contributed by atoms with van der Waals surface area (Å²) in [5, 5.41) is 11.2.